The summed E-state index contributed by atoms with van der Waals surface area (Å²) in [6.07, 6.45) is 0.735. The molecule has 0 unspecified atom stereocenters. The zero-order valence-corrected chi connectivity index (χ0v) is 16.6. The van der Waals surface area contributed by atoms with Crippen LogP contribution in [0.1, 0.15) is 21.6 Å². The van der Waals surface area contributed by atoms with Gasteiger partial charge in [-0.05, 0) is 65.6 Å². The fourth-order valence-electron chi connectivity index (χ4n) is 3.68. The largest absolute Gasteiger partial charge is 0.493 e. The van der Waals surface area contributed by atoms with Crippen LogP contribution in [-0.2, 0) is 20.0 Å². The summed E-state index contributed by atoms with van der Waals surface area (Å²) >= 11 is 0. The number of benzene rings is 2. The monoisotopic (exact) mass is 395 g/mol. The maximum atomic E-state index is 13.2. The van der Waals surface area contributed by atoms with Gasteiger partial charge in [0.05, 0.1) is 19.9 Å². The molecular formula is C22H22FN3O3. The highest BCUT2D eigenvalue weighted by molar-refractivity contribution is 5.93. The Bertz CT molecular complexity index is 1060. The highest BCUT2D eigenvalue weighted by atomic mass is 19.1. The van der Waals surface area contributed by atoms with Crippen LogP contribution in [0.25, 0.3) is 11.3 Å². The maximum Gasteiger partial charge on any atom is 0.274 e. The zero-order chi connectivity index (χ0) is 20.5. The van der Waals surface area contributed by atoms with Gasteiger partial charge in [-0.15, -0.1) is 0 Å². The van der Waals surface area contributed by atoms with Gasteiger partial charge in [0.25, 0.3) is 5.91 Å². The van der Waals surface area contributed by atoms with Gasteiger partial charge in [0.2, 0.25) is 0 Å². The molecular weight excluding hydrogens is 373 g/mol. The number of carbonyl (C=O) groups excluding carboxylic acids is 1. The summed E-state index contributed by atoms with van der Waals surface area (Å²) < 4.78 is 25.6. The number of halogens is 1. The van der Waals surface area contributed by atoms with Crippen molar-refractivity contribution in [3.8, 4) is 22.8 Å². The third kappa shape index (κ3) is 3.55. The molecule has 3 aromatic rings. The van der Waals surface area contributed by atoms with Crippen molar-refractivity contribution >= 4 is 5.91 Å². The molecule has 0 atom stereocenters. The van der Waals surface area contributed by atoms with E-state index in [2.05, 4.69) is 5.10 Å². The molecule has 6 nitrogen and oxygen atoms in total. The molecule has 1 aliphatic heterocycles. The lowest BCUT2D eigenvalue weighted by atomic mass is 9.98. The summed E-state index contributed by atoms with van der Waals surface area (Å²) in [6, 6.07) is 11.8. The van der Waals surface area contributed by atoms with Crippen LogP contribution in [0.4, 0.5) is 4.39 Å². The number of ether oxygens (including phenoxy) is 2. The molecule has 0 saturated heterocycles. The number of fused-ring (bicyclic) bond motifs is 1. The SMILES string of the molecule is COc1cc2c(cc1OC)CN(C(=O)c1cc(-c3ccc(F)cc3)n(C)n1)CC2. The van der Waals surface area contributed by atoms with E-state index >= 15 is 0 Å². The molecule has 0 aliphatic carbocycles. The van der Waals surface area contributed by atoms with Gasteiger partial charge in [0.1, 0.15) is 5.82 Å². The van der Waals surface area contributed by atoms with Crippen molar-refractivity contribution in [3.05, 3.63) is 65.1 Å². The topological polar surface area (TPSA) is 56.6 Å². The molecule has 4 rings (SSSR count). The Balaban J connectivity index is 1.58. The van der Waals surface area contributed by atoms with Gasteiger partial charge in [0.15, 0.2) is 17.2 Å². The molecule has 0 radical (unpaired) electrons. The van der Waals surface area contributed by atoms with E-state index in [0.29, 0.717) is 30.3 Å². The van der Waals surface area contributed by atoms with Crippen molar-refractivity contribution in [3.63, 3.8) is 0 Å². The second-order valence-electron chi connectivity index (χ2n) is 7.00. The second kappa shape index (κ2) is 7.58. The molecule has 0 fully saturated rings. The molecule has 29 heavy (non-hydrogen) atoms. The van der Waals surface area contributed by atoms with Gasteiger partial charge in [-0.25, -0.2) is 4.39 Å². The van der Waals surface area contributed by atoms with E-state index in [0.717, 1.165) is 28.8 Å². The van der Waals surface area contributed by atoms with Crippen molar-refractivity contribution in [1.29, 1.82) is 0 Å². The quantitative estimate of drug-likeness (QED) is 0.679. The number of methoxy groups -OCH3 is 2. The molecule has 1 amide bonds. The van der Waals surface area contributed by atoms with Crippen LogP contribution in [0.2, 0.25) is 0 Å². The van der Waals surface area contributed by atoms with Crippen LogP contribution < -0.4 is 9.47 Å². The first-order chi connectivity index (χ1) is 14.0. The van der Waals surface area contributed by atoms with Gasteiger partial charge >= 0.3 is 0 Å². The smallest absolute Gasteiger partial charge is 0.274 e. The van der Waals surface area contributed by atoms with Crippen LogP contribution in [-0.4, -0.2) is 41.4 Å². The van der Waals surface area contributed by atoms with Gasteiger partial charge in [0, 0.05) is 20.1 Å². The summed E-state index contributed by atoms with van der Waals surface area (Å²) in [7, 11) is 4.99. The number of aromatic nitrogens is 2. The predicted octanol–water partition coefficient (Wildman–Crippen LogP) is 3.44. The summed E-state index contributed by atoms with van der Waals surface area (Å²) in [5, 5.41) is 4.39. The minimum absolute atomic E-state index is 0.130. The van der Waals surface area contributed by atoms with Gasteiger partial charge in [-0.2, -0.15) is 5.10 Å². The van der Waals surface area contributed by atoms with Crippen LogP contribution in [0.5, 0.6) is 11.5 Å². The third-order valence-electron chi connectivity index (χ3n) is 5.24. The average molecular weight is 395 g/mol. The number of aryl methyl sites for hydroxylation is 1. The lowest BCUT2D eigenvalue weighted by Gasteiger charge is -2.29. The summed E-state index contributed by atoms with van der Waals surface area (Å²) in [5.41, 5.74) is 4.13. The van der Waals surface area contributed by atoms with Crippen LogP contribution in [0.15, 0.2) is 42.5 Å². The number of rotatable bonds is 4. The van der Waals surface area contributed by atoms with Crippen molar-refractivity contribution in [2.45, 2.75) is 13.0 Å². The molecule has 0 saturated carbocycles. The number of hydrogen-bond acceptors (Lipinski definition) is 4. The molecule has 0 spiro atoms. The van der Waals surface area contributed by atoms with E-state index in [1.165, 1.54) is 12.1 Å². The third-order valence-corrected chi connectivity index (χ3v) is 5.24. The molecule has 2 aromatic carbocycles. The molecule has 2 heterocycles. The maximum absolute atomic E-state index is 13.2. The minimum Gasteiger partial charge on any atom is -0.493 e. The highest BCUT2D eigenvalue weighted by Gasteiger charge is 2.26. The molecule has 150 valence electrons. The van der Waals surface area contributed by atoms with Crippen molar-refractivity contribution in [1.82, 2.24) is 14.7 Å². The highest BCUT2D eigenvalue weighted by Crippen LogP contribution is 2.33. The van der Waals surface area contributed by atoms with E-state index < -0.39 is 0 Å². The molecule has 0 bridgehead atoms. The first kappa shape index (κ1) is 19.0. The Kier molecular flexibility index (Phi) is 4.96. The Morgan fingerprint density at radius 1 is 1.03 bits per heavy atom. The van der Waals surface area contributed by atoms with E-state index in [4.69, 9.17) is 9.47 Å². The standard InChI is InChI=1S/C22H22FN3O3/c1-25-19(14-4-6-17(23)7-5-14)12-18(24-25)22(27)26-9-8-15-10-20(28-2)21(29-3)11-16(15)13-26/h4-7,10-12H,8-9,13H2,1-3H3. The Labute approximate surface area is 168 Å². The van der Waals surface area contributed by atoms with E-state index in [1.54, 1.807) is 49.0 Å². The summed E-state index contributed by atoms with van der Waals surface area (Å²) in [5.74, 6) is 0.914. The lowest BCUT2D eigenvalue weighted by Crippen LogP contribution is -2.36. The molecule has 0 N–H and O–H groups in total. The van der Waals surface area contributed by atoms with Crippen molar-refractivity contribution in [2.24, 2.45) is 7.05 Å². The Morgan fingerprint density at radius 2 is 1.69 bits per heavy atom. The second-order valence-corrected chi connectivity index (χ2v) is 7.00. The van der Waals surface area contributed by atoms with Gasteiger partial charge in [-0.1, -0.05) is 0 Å². The lowest BCUT2D eigenvalue weighted by molar-refractivity contribution is 0.0727. The number of nitrogens with zero attached hydrogens (tertiary/aromatic N) is 3. The number of amides is 1. The van der Waals surface area contributed by atoms with E-state index in [-0.39, 0.29) is 11.7 Å². The fourth-order valence-corrected chi connectivity index (χ4v) is 3.68. The number of carbonyl (C=O) groups is 1. The van der Waals surface area contributed by atoms with Gasteiger partial charge in [-0.3, -0.25) is 9.48 Å². The van der Waals surface area contributed by atoms with Crippen LogP contribution in [0, 0.1) is 5.82 Å². The average Bonchev–Trinajstić information content (AvgIpc) is 3.13. The molecule has 1 aliphatic rings. The molecule has 1 aromatic heterocycles. The van der Waals surface area contributed by atoms with Crippen molar-refractivity contribution < 1.29 is 18.7 Å². The normalized spacial score (nSPS) is 13.2. The summed E-state index contributed by atoms with van der Waals surface area (Å²) in [6.45, 7) is 1.08. The summed E-state index contributed by atoms with van der Waals surface area (Å²) in [4.78, 5) is 14.9. The predicted molar refractivity (Wildman–Crippen MR) is 107 cm³/mol. The van der Waals surface area contributed by atoms with Crippen molar-refractivity contribution in [2.75, 3.05) is 20.8 Å². The first-order valence-corrected chi connectivity index (χ1v) is 9.33. The van der Waals surface area contributed by atoms with E-state index in [1.807, 2.05) is 12.1 Å². The minimum atomic E-state index is -0.300. The zero-order valence-electron chi connectivity index (χ0n) is 16.6. The number of hydrogen-bond donors (Lipinski definition) is 0. The fraction of sp³-hybridized carbons (Fsp3) is 0.273. The van der Waals surface area contributed by atoms with Crippen LogP contribution >= 0.6 is 0 Å². The Hall–Kier alpha value is -3.35. The first-order valence-electron chi connectivity index (χ1n) is 9.33. The van der Waals surface area contributed by atoms with Crippen LogP contribution in [0.3, 0.4) is 0 Å². The van der Waals surface area contributed by atoms with E-state index in [9.17, 15) is 9.18 Å². The molecule has 7 heteroatoms. The Morgan fingerprint density at radius 3 is 2.34 bits per heavy atom. The van der Waals surface area contributed by atoms with Gasteiger partial charge < -0.3 is 14.4 Å².